The van der Waals surface area contributed by atoms with E-state index in [0.29, 0.717) is 51.9 Å². The van der Waals surface area contributed by atoms with E-state index in [4.69, 9.17) is 0 Å². The molecule has 0 aliphatic rings. The van der Waals surface area contributed by atoms with Crippen LogP contribution in [0.2, 0.25) is 0 Å². The van der Waals surface area contributed by atoms with Crippen molar-refractivity contribution in [1.82, 2.24) is 57.7 Å². The molecule has 0 radical (unpaired) electrons. The quantitative estimate of drug-likeness (QED) is 0.0345. The molecule has 0 saturated carbocycles. The van der Waals surface area contributed by atoms with E-state index >= 15 is 9.59 Å². The molecule has 0 rings (SSSR count). The third kappa shape index (κ3) is 27.5. The van der Waals surface area contributed by atoms with Gasteiger partial charge < -0.3 is 52.3 Å². The maximum atomic E-state index is 15.2. The Morgan fingerprint density at radius 2 is 0.987 bits per heavy atom. The Balaban J connectivity index is 7.05. The molecule has 0 aliphatic carbocycles. The van der Waals surface area contributed by atoms with E-state index in [0.717, 1.165) is 97.1 Å². The standard InChI is InChI=1S/C58H117N11O6/c1-18-22-24-25-33-61-50(71)42-46(65-44(5)6)52(73)55(8,9)58(13,30-20-3)67-48(54(75)63-35-29-40-69(17)38-27-32-60-15)41-49(70)57(12,21-4)45(7)66-47(53(74)56(10,11)64-36-23-19-2)43-51(72)62-34-28-39-68(16)37-26-31-59-14/h44-48,59-60,64-67H,18-43H2,1-17H3,(H,61,71)(H,62,72)(H,63,75). The molecule has 440 valence electrons. The Hall–Kier alpha value is -2.90. The first-order valence-electron chi connectivity index (χ1n) is 29.4. The van der Waals surface area contributed by atoms with Crippen LogP contribution in [0.3, 0.4) is 0 Å². The Morgan fingerprint density at radius 1 is 0.507 bits per heavy atom. The minimum atomic E-state index is -1.12. The van der Waals surface area contributed by atoms with Gasteiger partial charge in [-0.3, -0.25) is 34.1 Å². The lowest BCUT2D eigenvalue weighted by atomic mass is 9.65. The van der Waals surface area contributed by atoms with E-state index < -0.39 is 46.1 Å². The molecule has 3 amide bonds. The molecule has 9 N–H and O–H groups in total. The number of ketones is 3. The summed E-state index contributed by atoms with van der Waals surface area (Å²) in [5.74, 6) is -1.27. The summed E-state index contributed by atoms with van der Waals surface area (Å²) in [7, 11) is 8.02. The largest absolute Gasteiger partial charge is 0.356 e. The van der Waals surface area contributed by atoms with Gasteiger partial charge in [-0.05, 0) is 153 Å². The zero-order valence-electron chi connectivity index (χ0n) is 51.1. The SMILES string of the molecule is CCCCCCNC(=O)CC(NC(C)C)C(=O)C(C)(C)C(C)(CCC)NC(CC(=O)C(C)(CC)C(C)NC(CC(=O)NCCCN(C)CCCNC)C(=O)C(C)(C)NCCCC)C(=O)NCCCN(C)CCCNC. The van der Waals surface area contributed by atoms with E-state index in [2.05, 4.69) is 85.6 Å². The number of Topliss-reactive ketones (excluding diaryl/α,β-unsaturated/α-hetero) is 3. The monoisotopic (exact) mass is 1060 g/mol. The van der Waals surface area contributed by atoms with Crippen molar-refractivity contribution in [2.75, 3.05) is 93.6 Å². The number of amides is 3. The van der Waals surface area contributed by atoms with Crippen molar-refractivity contribution in [1.29, 1.82) is 0 Å². The second-order valence-electron chi connectivity index (χ2n) is 23.4. The number of nitrogens with one attached hydrogen (secondary N) is 9. The van der Waals surface area contributed by atoms with Crippen molar-refractivity contribution in [2.24, 2.45) is 10.8 Å². The molecule has 0 aromatic carbocycles. The summed E-state index contributed by atoms with van der Waals surface area (Å²) >= 11 is 0. The number of carbonyl (C=O) groups excluding carboxylic acids is 6. The Labute approximate surface area is 458 Å². The summed E-state index contributed by atoms with van der Waals surface area (Å²) in [6.45, 7) is 32.7. The molecule has 0 fully saturated rings. The molecule has 6 atom stereocenters. The lowest BCUT2D eigenvalue weighted by molar-refractivity contribution is -0.139. The number of rotatable bonds is 48. The first-order valence-corrected chi connectivity index (χ1v) is 29.4. The molecule has 0 saturated heterocycles. The summed E-state index contributed by atoms with van der Waals surface area (Å²) in [6.07, 6.45) is 10.7. The van der Waals surface area contributed by atoms with Crippen molar-refractivity contribution in [3.63, 3.8) is 0 Å². The normalized spacial score (nSPS) is 15.5. The van der Waals surface area contributed by atoms with Crippen LogP contribution in [0.4, 0.5) is 0 Å². The zero-order valence-corrected chi connectivity index (χ0v) is 51.1. The highest BCUT2D eigenvalue weighted by molar-refractivity contribution is 5.97. The summed E-state index contributed by atoms with van der Waals surface area (Å²) < 4.78 is 0. The van der Waals surface area contributed by atoms with E-state index in [1.165, 1.54) is 0 Å². The molecule has 0 aliphatic heterocycles. The summed E-state index contributed by atoms with van der Waals surface area (Å²) in [5.41, 5.74) is -4.16. The van der Waals surface area contributed by atoms with Crippen LogP contribution >= 0.6 is 0 Å². The van der Waals surface area contributed by atoms with Gasteiger partial charge in [-0.15, -0.1) is 0 Å². The molecule has 17 nitrogen and oxygen atoms in total. The van der Waals surface area contributed by atoms with Gasteiger partial charge in [0.1, 0.15) is 5.78 Å². The highest BCUT2D eigenvalue weighted by Gasteiger charge is 2.51. The summed E-state index contributed by atoms with van der Waals surface area (Å²) in [5, 5.41) is 29.5. The Morgan fingerprint density at radius 3 is 1.45 bits per heavy atom. The van der Waals surface area contributed by atoms with Crippen molar-refractivity contribution in [2.45, 2.75) is 234 Å². The first-order chi connectivity index (χ1) is 35.3. The lowest BCUT2D eigenvalue weighted by Gasteiger charge is -2.47. The maximum absolute atomic E-state index is 15.2. The molecule has 6 unspecified atom stereocenters. The van der Waals surface area contributed by atoms with Crippen molar-refractivity contribution >= 4 is 35.1 Å². The Bertz CT molecular complexity index is 1630. The van der Waals surface area contributed by atoms with Crippen LogP contribution in [0.15, 0.2) is 0 Å². The van der Waals surface area contributed by atoms with Crippen molar-refractivity contribution in [3.8, 4) is 0 Å². The molecular formula is C58H117N11O6. The third-order valence-electron chi connectivity index (χ3n) is 15.7. The maximum Gasteiger partial charge on any atom is 0.237 e. The molecule has 17 heteroatoms. The van der Waals surface area contributed by atoms with E-state index in [1.807, 2.05) is 90.3 Å². The topological polar surface area (TPSA) is 217 Å². The van der Waals surface area contributed by atoms with Gasteiger partial charge >= 0.3 is 0 Å². The molecule has 0 spiro atoms. The number of hydrogen-bond donors (Lipinski definition) is 9. The molecule has 0 aromatic rings. The van der Waals surface area contributed by atoms with Gasteiger partial charge in [-0.1, -0.05) is 94.4 Å². The van der Waals surface area contributed by atoms with Crippen LogP contribution in [-0.4, -0.2) is 180 Å². The van der Waals surface area contributed by atoms with E-state index in [-0.39, 0.29) is 60.4 Å². The number of carbonyl (C=O) groups is 6. The molecule has 0 heterocycles. The van der Waals surface area contributed by atoms with Gasteiger partial charge in [0.15, 0.2) is 11.6 Å². The predicted octanol–water partition coefficient (Wildman–Crippen LogP) is 5.50. The predicted molar refractivity (Wildman–Crippen MR) is 311 cm³/mol. The second kappa shape index (κ2) is 38.6. The fraction of sp³-hybridized carbons (Fsp3) is 0.897. The highest BCUT2D eigenvalue weighted by Crippen LogP contribution is 2.39. The van der Waals surface area contributed by atoms with Gasteiger partial charge in [0, 0.05) is 67.3 Å². The molecule has 0 aromatic heterocycles. The molecular weight excluding hydrogens is 947 g/mol. The highest BCUT2D eigenvalue weighted by atomic mass is 16.2. The number of unbranched alkanes of at least 4 members (excludes halogenated alkanes) is 4. The van der Waals surface area contributed by atoms with Crippen LogP contribution in [0, 0.1) is 10.8 Å². The van der Waals surface area contributed by atoms with Crippen molar-refractivity contribution < 1.29 is 28.8 Å². The fourth-order valence-electron chi connectivity index (χ4n) is 9.80. The fourth-order valence-corrected chi connectivity index (χ4v) is 9.80. The van der Waals surface area contributed by atoms with Crippen molar-refractivity contribution in [3.05, 3.63) is 0 Å². The average Bonchev–Trinajstić information content (AvgIpc) is 3.35. The minimum Gasteiger partial charge on any atom is -0.356 e. The van der Waals surface area contributed by atoms with Gasteiger partial charge in [-0.2, -0.15) is 0 Å². The van der Waals surface area contributed by atoms with Gasteiger partial charge in [0.05, 0.1) is 23.7 Å². The smallest absolute Gasteiger partial charge is 0.237 e. The first kappa shape index (κ1) is 72.1. The minimum absolute atomic E-state index is 0.0197. The second-order valence-corrected chi connectivity index (χ2v) is 23.4. The summed E-state index contributed by atoms with van der Waals surface area (Å²) in [6, 6.07) is -3.38. The molecule has 75 heavy (non-hydrogen) atoms. The third-order valence-corrected chi connectivity index (χ3v) is 15.7. The number of nitrogens with zero attached hydrogens (tertiary/aromatic N) is 2. The van der Waals surface area contributed by atoms with Crippen LogP contribution in [0.5, 0.6) is 0 Å². The van der Waals surface area contributed by atoms with Crippen LogP contribution in [0.1, 0.15) is 193 Å². The van der Waals surface area contributed by atoms with Crippen LogP contribution < -0.4 is 47.9 Å². The van der Waals surface area contributed by atoms with Gasteiger partial charge in [0.25, 0.3) is 0 Å². The van der Waals surface area contributed by atoms with Gasteiger partial charge in [0.2, 0.25) is 17.7 Å². The summed E-state index contributed by atoms with van der Waals surface area (Å²) in [4.78, 5) is 91.0. The average molecular weight is 1060 g/mol. The lowest BCUT2D eigenvalue weighted by Crippen LogP contribution is -2.66. The zero-order chi connectivity index (χ0) is 57.3. The van der Waals surface area contributed by atoms with E-state index in [9.17, 15) is 19.2 Å². The van der Waals surface area contributed by atoms with Crippen LogP contribution in [0.25, 0.3) is 0 Å². The Kier molecular flexibility index (Phi) is 37.1. The van der Waals surface area contributed by atoms with Crippen LogP contribution in [-0.2, 0) is 28.8 Å². The van der Waals surface area contributed by atoms with E-state index in [1.54, 1.807) is 0 Å². The number of hydrogen-bond acceptors (Lipinski definition) is 14. The molecule has 0 bridgehead atoms. The van der Waals surface area contributed by atoms with Gasteiger partial charge in [-0.25, -0.2) is 0 Å².